The van der Waals surface area contributed by atoms with Crippen LogP contribution in [0.4, 0.5) is 0 Å². The quantitative estimate of drug-likeness (QED) is 0.716. The summed E-state index contributed by atoms with van der Waals surface area (Å²) in [6.45, 7) is 0.338. The number of aliphatic carboxylic acids is 1. The van der Waals surface area contributed by atoms with Gasteiger partial charge in [-0.2, -0.15) is 0 Å². The van der Waals surface area contributed by atoms with Gasteiger partial charge in [0.05, 0.1) is 0 Å². The summed E-state index contributed by atoms with van der Waals surface area (Å²) < 4.78 is 0. The second-order valence-electron chi connectivity index (χ2n) is 4.88. The fourth-order valence-corrected chi connectivity index (χ4v) is 2.01. The smallest absolute Gasteiger partial charge is 0.303 e. The van der Waals surface area contributed by atoms with Crippen LogP contribution in [0.3, 0.4) is 0 Å². The molecule has 114 valence electrons. The summed E-state index contributed by atoms with van der Waals surface area (Å²) >= 11 is 0. The number of carbonyl (C=O) groups is 2. The van der Waals surface area contributed by atoms with E-state index < -0.39 is 5.97 Å². The van der Waals surface area contributed by atoms with Crippen LogP contribution < -0.4 is 5.32 Å². The molecule has 5 nitrogen and oxygen atoms in total. The zero-order valence-corrected chi connectivity index (χ0v) is 12.0. The van der Waals surface area contributed by atoms with Crippen LogP contribution in [-0.4, -0.2) is 28.6 Å². The van der Waals surface area contributed by atoms with E-state index >= 15 is 0 Å². The summed E-state index contributed by atoms with van der Waals surface area (Å²) in [5.41, 5.74) is 2.42. The fraction of sp³-hybridized carbons (Fsp3) is 0.176. The van der Waals surface area contributed by atoms with Crippen molar-refractivity contribution in [1.29, 1.82) is 0 Å². The van der Waals surface area contributed by atoms with E-state index in [2.05, 4.69) is 5.32 Å². The molecule has 2 rings (SSSR count). The van der Waals surface area contributed by atoms with Gasteiger partial charge in [-0.1, -0.05) is 24.3 Å². The Hall–Kier alpha value is -2.82. The Morgan fingerprint density at radius 3 is 2.00 bits per heavy atom. The molecular formula is C17H17NO4. The van der Waals surface area contributed by atoms with Crippen molar-refractivity contribution >= 4 is 11.9 Å². The largest absolute Gasteiger partial charge is 0.508 e. The van der Waals surface area contributed by atoms with Gasteiger partial charge in [0, 0.05) is 18.5 Å². The Balaban J connectivity index is 1.95. The van der Waals surface area contributed by atoms with Gasteiger partial charge in [0.25, 0.3) is 5.91 Å². The molecular weight excluding hydrogens is 282 g/mol. The van der Waals surface area contributed by atoms with Crippen molar-refractivity contribution in [3.63, 3.8) is 0 Å². The van der Waals surface area contributed by atoms with Crippen LogP contribution >= 0.6 is 0 Å². The number of carboxylic acids is 1. The Kier molecular flexibility index (Phi) is 5.14. The molecule has 0 fully saturated rings. The lowest BCUT2D eigenvalue weighted by Crippen LogP contribution is -2.24. The molecule has 0 aliphatic carbocycles. The summed E-state index contributed by atoms with van der Waals surface area (Å²) in [5.74, 6) is -0.878. The van der Waals surface area contributed by atoms with Crippen molar-refractivity contribution in [3.8, 4) is 16.9 Å². The molecule has 0 atom stereocenters. The maximum atomic E-state index is 11.9. The number of phenolic OH excluding ortho intramolecular Hbond substituents is 1. The Bertz CT molecular complexity index is 647. The van der Waals surface area contributed by atoms with E-state index in [0.29, 0.717) is 18.5 Å². The van der Waals surface area contributed by atoms with Crippen molar-refractivity contribution in [3.05, 3.63) is 54.1 Å². The van der Waals surface area contributed by atoms with Crippen LogP contribution in [0.15, 0.2) is 48.5 Å². The van der Waals surface area contributed by atoms with Crippen molar-refractivity contribution in [2.45, 2.75) is 12.8 Å². The van der Waals surface area contributed by atoms with Crippen molar-refractivity contribution in [1.82, 2.24) is 5.32 Å². The molecule has 0 heterocycles. The molecule has 0 aliphatic rings. The van der Waals surface area contributed by atoms with E-state index in [4.69, 9.17) is 5.11 Å². The predicted molar refractivity (Wildman–Crippen MR) is 82.7 cm³/mol. The minimum absolute atomic E-state index is 0.0417. The monoisotopic (exact) mass is 299 g/mol. The molecule has 1 amide bonds. The third-order valence-electron chi connectivity index (χ3n) is 3.20. The number of phenols is 1. The molecule has 2 aromatic carbocycles. The fourth-order valence-electron chi connectivity index (χ4n) is 2.01. The Morgan fingerprint density at radius 1 is 0.909 bits per heavy atom. The third kappa shape index (κ3) is 4.34. The van der Waals surface area contributed by atoms with Gasteiger partial charge in [-0.3, -0.25) is 9.59 Å². The molecule has 3 N–H and O–H groups in total. The highest BCUT2D eigenvalue weighted by Gasteiger charge is 2.06. The number of hydrogen-bond acceptors (Lipinski definition) is 3. The van der Waals surface area contributed by atoms with Gasteiger partial charge in [0.1, 0.15) is 5.75 Å². The lowest BCUT2D eigenvalue weighted by atomic mass is 10.0. The van der Waals surface area contributed by atoms with Gasteiger partial charge in [-0.25, -0.2) is 0 Å². The highest BCUT2D eigenvalue weighted by atomic mass is 16.4. The minimum atomic E-state index is -0.868. The molecule has 0 bridgehead atoms. The number of benzene rings is 2. The number of amides is 1. The van der Waals surface area contributed by atoms with Crippen LogP contribution in [0.5, 0.6) is 5.75 Å². The molecule has 0 aromatic heterocycles. The number of carboxylic acid groups (broad SMARTS) is 1. The highest BCUT2D eigenvalue weighted by molar-refractivity contribution is 5.94. The first kappa shape index (κ1) is 15.6. The SMILES string of the molecule is O=C(O)CCCNC(=O)c1ccc(-c2ccc(O)cc2)cc1. The normalized spacial score (nSPS) is 10.2. The van der Waals surface area contributed by atoms with Gasteiger partial charge in [-0.15, -0.1) is 0 Å². The summed E-state index contributed by atoms with van der Waals surface area (Å²) in [6, 6.07) is 13.9. The summed E-state index contributed by atoms with van der Waals surface area (Å²) in [6.07, 6.45) is 0.451. The summed E-state index contributed by atoms with van der Waals surface area (Å²) in [7, 11) is 0. The second kappa shape index (κ2) is 7.26. The van der Waals surface area contributed by atoms with Crippen LogP contribution in [0, 0.1) is 0 Å². The molecule has 0 aliphatic heterocycles. The zero-order chi connectivity index (χ0) is 15.9. The molecule has 0 radical (unpaired) electrons. The molecule has 2 aromatic rings. The van der Waals surface area contributed by atoms with E-state index in [1.807, 2.05) is 12.1 Å². The van der Waals surface area contributed by atoms with E-state index in [0.717, 1.165) is 11.1 Å². The molecule has 0 unspecified atom stereocenters. The number of rotatable bonds is 6. The van der Waals surface area contributed by atoms with Crippen LogP contribution in [0.1, 0.15) is 23.2 Å². The Morgan fingerprint density at radius 2 is 1.45 bits per heavy atom. The molecule has 5 heteroatoms. The summed E-state index contributed by atoms with van der Waals surface area (Å²) in [5, 5.41) is 20.5. The maximum Gasteiger partial charge on any atom is 0.303 e. The number of nitrogens with one attached hydrogen (secondary N) is 1. The topological polar surface area (TPSA) is 86.6 Å². The van der Waals surface area contributed by atoms with Crippen molar-refractivity contribution in [2.24, 2.45) is 0 Å². The molecule has 0 saturated heterocycles. The van der Waals surface area contributed by atoms with Crippen molar-refractivity contribution < 1.29 is 19.8 Å². The lowest BCUT2D eigenvalue weighted by molar-refractivity contribution is -0.137. The van der Waals surface area contributed by atoms with Gasteiger partial charge >= 0.3 is 5.97 Å². The van der Waals surface area contributed by atoms with Crippen LogP contribution in [-0.2, 0) is 4.79 Å². The third-order valence-corrected chi connectivity index (χ3v) is 3.20. The Labute approximate surface area is 128 Å². The van der Waals surface area contributed by atoms with Crippen molar-refractivity contribution in [2.75, 3.05) is 6.54 Å². The second-order valence-corrected chi connectivity index (χ2v) is 4.88. The van der Waals surface area contributed by atoms with Gasteiger partial charge < -0.3 is 15.5 Å². The number of carbonyl (C=O) groups excluding carboxylic acids is 1. The van der Waals surface area contributed by atoms with E-state index in [1.54, 1.807) is 36.4 Å². The van der Waals surface area contributed by atoms with E-state index in [-0.39, 0.29) is 18.1 Å². The summed E-state index contributed by atoms with van der Waals surface area (Å²) in [4.78, 5) is 22.3. The van der Waals surface area contributed by atoms with Gasteiger partial charge in [0.15, 0.2) is 0 Å². The first-order chi connectivity index (χ1) is 10.6. The number of hydrogen-bond donors (Lipinski definition) is 3. The lowest BCUT2D eigenvalue weighted by Gasteiger charge is -2.06. The number of aromatic hydroxyl groups is 1. The minimum Gasteiger partial charge on any atom is -0.508 e. The van der Waals surface area contributed by atoms with Crippen LogP contribution in [0.25, 0.3) is 11.1 Å². The average Bonchev–Trinajstić information content (AvgIpc) is 2.52. The van der Waals surface area contributed by atoms with Gasteiger partial charge in [0.2, 0.25) is 0 Å². The predicted octanol–water partition coefficient (Wildman–Crippen LogP) is 2.65. The maximum absolute atomic E-state index is 11.9. The van der Waals surface area contributed by atoms with E-state index in [1.165, 1.54) is 0 Å². The highest BCUT2D eigenvalue weighted by Crippen LogP contribution is 2.22. The van der Waals surface area contributed by atoms with E-state index in [9.17, 15) is 14.7 Å². The molecule has 0 saturated carbocycles. The zero-order valence-electron chi connectivity index (χ0n) is 12.0. The first-order valence-electron chi connectivity index (χ1n) is 6.96. The first-order valence-corrected chi connectivity index (χ1v) is 6.96. The average molecular weight is 299 g/mol. The molecule has 0 spiro atoms. The van der Waals surface area contributed by atoms with Crippen LogP contribution in [0.2, 0.25) is 0 Å². The molecule has 22 heavy (non-hydrogen) atoms. The standard InChI is InChI=1S/C17H17NO4/c19-15-9-7-13(8-10-15)12-3-5-14(6-4-12)17(22)18-11-1-2-16(20)21/h3-10,19H,1-2,11H2,(H,18,22)(H,20,21). The van der Waals surface area contributed by atoms with Gasteiger partial charge in [-0.05, 0) is 41.8 Å².